The van der Waals surface area contributed by atoms with Gasteiger partial charge in [0, 0.05) is 6.54 Å². The molecule has 1 aromatic heterocycles. The molecular weight excluding hydrogens is 317 g/mol. The number of halogens is 1. The number of nitrogens with one attached hydrogen (secondary N) is 1. The van der Waals surface area contributed by atoms with Crippen molar-refractivity contribution in [1.82, 2.24) is 25.5 Å². The fourth-order valence-corrected chi connectivity index (χ4v) is 1.91. The minimum atomic E-state index is -1.13. The Morgan fingerprint density at radius 2 is 1.92 bits per heavy atom. The summed E-state index contributed by atoms with van der Waals surface area (Å²) in [5.74, 6) is -3.37. The Morgan fingerprint density at radius 1 is 1.29 bits per heavy atom. The number of carboxylic acid groups (broad SMARTS) is 1. The maximum absolute atomic E-state index is 12.9. The summed E-state index contributed by atoms with van der Waals surface area (Å²) in [6.45, 7) is 5.38. The number of rotatable bonds is 5. The zero-order valence-corrected chi connectivity index (χ0v) is 13.5. The topological polar surface area (TPSA) is 110 Å². The lowest BCUT2D eigenvalue weighted by Crippen LogP contribution is -2.32. The first kappa shape index (κ1) is 17.5. The maximum Gasteiger partial charge on any atom is 0.312 e. The van der Waals surface area contributed by atoms with Gasteiger partial charge in [-0.25, -0.2) is 4.39 Å². The average molecular weight is 335 g/mol. The van der Waals surface area contributed by atoms with E-state index in [2.05, 4.69) is 20.7 Å². The quantitative estimate of drug-likeness (QED) is 0.848. The number of amides is 1. The lowest BCUT2D eigenvalue weighted by Gasteiger charge is -2.15. The van der Waals surface area contributed by atoms with E-state index in [0.29, 0.717) is 5.56 Å². The van der Waals surface area contributed by atoms with E-state index in [1.54, 1.807) is 0 Å². The van der Waals surface area contributed by atoms with Gasteiger partial charge in [0.2, 0.25) is 0 Å². The van der Waals surface area contributed by atoms with Crippen LogP contribution in [0.1, 0.15) is 42.9 Å². The smallest absolute Gasteiger partial charge is 0.312 e. The van der Waals surface area contributed by atoms with Crippen molar-refractivity contribution in [3.05, 3.63) is 41.5 Å². The summed E-state index contributed by atoms with van der Waals surface area (Å²) in [5.41, 5.74) is -0.0426. The molecule has 1 atom stereocenters. The van der Waals surface area contributed by atoms with Gasteiger partial charge in [-0.15, -0.1) is 10.2 Å². The molecule has 2 aromatic rings. The standard InChI is InChI=1S/C15H18FN5O3/c1-15(2,3)21-19-12(18-20-21)13(22)17-8-11(14(23)24)9-4-6-10(16)7-5-9/h4-7,11H,8H2,1-3H3,(H,17,22)(H,23,24). The third kappa shape index (κ3) is 4.12. The van der Waals surface area contributed by atoms with Crippen LogP contribution in [-0.4, -0.2) is 43.7 Å². The van der Waals surface area contributed by atoms with Crippen molar-refractivity contribution in [3.63, 3.8) is 0 Å². The largest absolute Gasteiger partial charge is 0.481 e. The van der Waals surface area contributed by atoms with Crippen LogP contribution < -0.4 is 5.32 Å². The average Bonchev–Trinajstić information content (AvgIpc) is 2.99. The van der Waals surface area contributed by atoms with Crippen molar-refractivity contribution >= 4 is 11.9 Å². The van der Waals surface area contributed by atoms with Gasteiger partial charge < -0.3 is 10.4 Å². The van der Waals surface area contributed by atoms with E-state index in [0.717, 1.165) is 0 Å². The van der Waals surface area contributed by atoms with E-state index < -0.39 is 29.2 Å². The first-order valence-corrected chi connectivity index (χ1v) is 7.25. The highest BCUT2D eigenvalue weighted by Crippen LogP contribution is 2.16. The summed E-state index contributed by atoms with van der Waals surface area (Å²) in [6.07, 6.45) is 0. The van der Waals surface area contributed by atoms with E-state index >= 15 is 0 Å². The monoisotopic (exact) mass is 335 g/mol. The van der Waals surface area contributed by atoms with E-state index in [1.165, 1.54) is 29.1 Å². The fraction of sp³-hybridized carbons (Fsp3) is 0.400. The number of aromatic nitrogens is 4. The Hall–Kier alpha value is -2.84. The second-order valence-corrected chi connectivity index (χ2v) is 6.23. The van der Waals surface area contributed by atoms with Crippen LogP contribution >= 0.6 is 0 Å². The highest BCUT2D eigenvalue weighted by atomic mass is 19.1. The molecule has 0 saturated heterocycles. The van der Waals surface area contributed by atoms with E-state index in [-0.39, 0.29) is 12.4 Å². The number of nitrogens with zero attached hydrogens (tertiary/aromatic N) is 4. The molecule has 2 rings (SSSR count). The van der Waals surface area contributed by atoms with Gasteiger partial charge in [0.1, 0.15) is 5.82 Å². The summed E-state index contributed by atoms with van der Waals surface area (Å²) < 4.78 is 12.9. The number of tetrazole rings is 1. The summed E-state index contributed by atoms with van der Waals surface area (Å²) >= 11 is 0. The van der Waals surface area contributed by atoms with Gasteiger partial charge in [-0.2, -0.15) is 4.80 Å². The molecule has 0 aliphatic rings. The fourth-order valence-electron chi connectivity index (χ4n) is 1.91. The first-order valence-electron chi connectivity index (χ1n) is 7.25. The molecule has 128 valence electrons. The Morgan fingerprint density at radius 3 is 2.42 bits per heavy atom. The van der Waals surface area contributed by atoms with Gasteiger partial charge in [-0.05, 0) is 43.7 Å². The molecule has 0 aliphatic heterocycles. The molecule has 2 N–H and O–H groups in total. The number of aliphatic carboxylic acids is 1. The highest BCUT2D eigenvalue weighted by Gasteiger charge is 2.24. The summed E-state index contributed by atoms with van der Waals surface area (Å²) in [7, 11) is 0. The Kier molecular flexibility index (Phi) is 4.91. The molecule has 8 nitrogen and oxygen atoms in total. The van der Waals surface area contributed by atoms with E-state index in [4.69, 9.17) is 0 Å². The SMILES string of the molecule is CC(C)(C)n1nnc(C(=O)NCC(C(=O)O)c2ccc(F)cc2)n1. The molecule has 0 spiro atoms. The number of carbonyl (C=O) groups is 2. The van der Waals surface area contributed by atoms with Gasteiger partial charge in [-0.3, -0.25) is 9.59 Å². The number of hydrogen-bond donors (Lipinski definition) is 2. The van der Waals surface area contributed by atoms with Gasteiger partial charge in [-0.1, -0.05) is 12.1 Å². The third-order valence-corrected chi connectivity index (χ3v) is 3.25. The van der Waals surface area contributed by atoms with Crippen LogP contribution in [0.4, 0.5) is 4.39 Å². The minimum Gasteiger partial charge on any atom is -0.481 e. The second-order valence-electron chi connectivity index (χ2n) is 6.23. The number of hydrogen-bond acceptors (Lipinski definition) is 5. The lowest BCUT2D eigenvalue weighted by atomic mass is 9.99. The molecule has 0 fully saturated rings. The van der Waals surface area contributed by atoms with Crippen molar-refractivity contribution < 1.29 is 19.1 Å². The van der Waals surface area contributed by atoms with Crippen LogP contribution in [0.25, 0.3) is 0 Å². The predicted molar refractivity (Wildman–Crippen MR) is 81.9 cm³/mol. The van der Waals surface area contributed by atoms with Crippen LogP contribution in [0.15, 0.2) is 24.3 Å². The van der Waals surface area contributed by atoms with Crippen molar-refractivity contribution in [3.8, 4) is 0 Å². The molecule has 1 amide bonds. The van der Waals surface area contributed by atoms with Crippen LogP contribution in [0, 0.1) is 5.82 Å². The molecule has 0 saturated carbocycles. The van der Waals surface area contributed by atoms with Gasteiger partial charge in [0.05, 0.1) is 11.5 Å². The summed E-state index contributed by atoms with van der Waals surface area (Å²) in [6, 6.07) is 5.08. The summed E-state index contributed by atoms with van der Waals surface area (Å²) in [4.78, 5) is 24.7. The van der Waals surface area contributed by atoms with Crippen LogP contribution in [-0.2, 0) is 10.3 Å². The zero-order valence-electron chi connectivity index (χ0n) is 13.5. The number of carbonyl (C=O) groups excluding carboxylic acids is 1. The second kappa shape index (κ2) is 6.73. The molecular formula is C15H18FN5O3. The Balaban J connectivity index is 2.06. The minimum absolute atomic E-state index is 0.145. The van der Waals surface area contributed by atoms with Crippen molar-refractivity contribution in [2.75, 3.05) is 6.54 Å². The van der Waals surface area contributed by atoms with Crippen LogP contribution in [0.5, 0.6) is 0 Å². The van der Waals surface area contributed by atoms with Gasteiger partial charge in [0.15, 0.2) is 0 Å². The molecule has 0 aliphatic carbocycles. The molecule has 1 aromatic carbocycles. The normalized spacial score (nSPS) is 12.7. The Labute approximate surface area is 137 Å². The maximum atomic E-state index is 12.9. The van der Waals surface area contributed by atoms with Crippen molar-refractivity contribution in [2.45, 2.75) is 32.2 Å². The molecule has 9 heteroatoms. The summed E-state index contributed by atoms with van der Waals surface area (Å²) in [5, 5.41) is 23.2. The molecule has 24 heavy (non-hydrogen) atoms. The molecule has 0 radical (unpaired) electrons. The zero-order chi connectivity index (χ0) is 17.9. The third-order valence-electron chi connectivity index (χ3n) is 3.25. The molecule has 1 unspecified atom stereocenters. The Bertz CT molecular complexity index is 736. The van der Waals surface area contributed by atoms with Gasteiger partial charge in [0.25, 0.3) is 11.7 Å². The van der Waals surface area contributed by atoms with Crippen molar-refractivity contribution in [2.24, 2.45) is 0 Å². The first-order chi connectivity index (χ1) is 11.2. The van der Waals surface area contributed by atoms with Crippen LogP contribution in [0.2, 0.25) is 0 Å². The molecule has 0 bridgehead atoms. The van der Waals surface area contributed by atoms with E-state index in [1.807, 2.05) is 20.8 Å². The van der Waals surface area contributed by atoms with E-state index in [9.17, 15) is 19.1 Å². The van der Waals surface area contributed by atoms with Crippen LogP contribution in [0.3, 0.4) is 0 Å². The lowest BCUT2D eigenvalue weighted by molar-refractivity contribution is -0.138. The van der Waals surface area contributed by atoms with Gasteiger partial charge >= 0.3 is 5.97 Å². The predicted octanol–water partition coefficient (Wildman–Crippen LogP) is 1.17. The number of carboxylic acids is 1. The van der Waals surface area contributed by atoms with Crippen molar-refractivity contribution in [1.29, 1.82) is 0 Å². The molecule has 1 heterocycles. The number of benzene rings is 1. The highest BCUT2D eigenvalue weighted by molar-refractivity contribution is 5.90.